The number of amides is 1. The van der Waals surface area contributed by atoms with E-state index in [9.17, 15) is 4.79 Å². The minimum absolute atomic E-state index is 0.153. The molecule has 0 bridgehead atoms. The fourth-order valence-electron chi connectivity index (χ4n) is 2.94. The first kappa shape index (κ1) is 17.0. The van der Waals surface area contributed by atoms with Crippen LogP contribution in [0.15, 0.2) is 30.3 Å². The summed E-state index contributed by atoms with van der Waals surface area (Å²) < 4.78 is 0. The van der Waals surface area contributed by atoms with Crippen molar-refractivity contribution in [2.75, 3.05) is 26.7 Å². The van der Waals surface area contributed by atoms with Crippen LogP contribution in [0.25, 0.3) is 0 Å². The molecule has 1 fully saturated rings. The van der Waals surface area contributed by atoms with Gasteiger partial charge in [-0.3, -0.25) is 14.6 Å². The zero-order chi connectivity index (χ0) is 15.9. The predicted molar refractivity (Wildman–Crippen MR) is 90.6 cm³/mol. The number of nitrogens with one attached hydrogen (secondary N) is 1. The molecule has 1 aromatic carbocycles. The smallest absolute Gasteiger partial charge is 0.234 e. The summed E-state index contributed by atoms with van der Waals surface area (Å²) in [6.45, 7) is 7.64. The zero-order valence-corrected chi connectivity index (χ0v) is 14.1. The molecule has 2 unspecified atom stereocenters. The first-order valence-electron chi connectivity index (χ1n) is 8.34. The average Bonchev–Trinajstić information content (AvgIpc) is 2.96. The molecule has 22 heavy (non-hydrogen) atoms. The summed E-state index contributed by atoms with van der Waals surface area (Å²) in [5.41, 5.74) is 1.35. The molecule has 1 N–H and O–H groups in total. The Bertz CT molecular complexity index is 463. The van der Waals surface area contributed by atoms with E-state index in [0.717, 1.165) is 32.5 Å². The van der Waals surface area contributed by atoms with Crippen LogP contribution in [0.4, 0.5) is 0 Å². The molecule has 122 valence electrons. The van der Waals surface area contributed by atoms with Gasteiger partial charge in [0.05, 0.1) is 6.54 Å². The molecule has 0 saturated carbocycles. The number of carbonyl (C=O) groups excluding carboxylic acids is 1. The lowest BCUT2D eigenvalue weighted by Gasteiger charge is -2.25. The number of likely N-dealkylation sites (tertiary alicyclic amines) is 1. The highest BCUT2D eigenvalue weighted by molar-refractivity contribution is 5.78. The maximum Gasteiger partial charge on any atom is 0.234 e. The summed E-state index contributed by atoms with van der Waals surface area (Å²) in [5.74, 6) is 0.153. The van der Waals surface area contributed by atoms with Crippen LogP contribution in [0.2, 0.25) is 0 Å². The quantitative estimate of drug-likeness (QED) is 0.838. The van der Waals surface area contributed by atoms with Crippen LogP contribution in [0, 0.1) is 0 Å². The zero-order valence-electron chi connectivity index (χ0n) is 14.1. The van der Waals surface area contributed by atoms with Gasteiger partial charge in [0.25, 0.3) is 0 Å². The van der Waals surface area contributed by atoms with Gasteiger partial charge in [0.2, 0.25) is 5.91 Å². The first-order chi connectivity index (χ1) is 10.6. The van der Waals surface area contributed by atoms with Crippen molar-refractivity contribution in [3.05, 3.63) is 35.9 Å². The van der Waals surface area contributed by atoms with Crippen LogP contribution in [0.3, 0.4) is 0 Å². The van der Waals surface area contributed by atoms with Crippen LogP contribution < -0.4 is 5.32 Å². The van der Waals surface area contributed by atoms with Gasteiger partial charge >= 0.3 is 0 Å². The van der Waals surface area contributed by atoms with Crippen LogP contribution in [0.1, 0.15) is 32.3 Å². The Kier molecular flexibility index (Phi) is 6.40. The fourth-order valence-corrected chi connectivity index (χ4v) is 2.94. The Hall–Kier alpha value is -1.39. The van der Waals surface area contributed by atoms with Gasteiger partial charge < -0.3 is 5.32 Å². The van der Waals surface area contributed by atoms with E-state index in [-0.39, 0.29) is 11.9 Å². The van der Waals surface area contributed by atoms with Gasteiger partial charge in [-0.25, -0.2) is 0 Å². The van der Waals surface area contributed by atoms with Crippen LogP contribution >= 0.6 is 0 Å². The summed E-state index contributed by atoms with van der Waals surface area (Å²) in [6.07, 6.45) is 2.12. The molecule has 1 aromatic rings. The minimum atomic E-state index is 0.153. The monoisotopic (exact) mass is 303 g/mol. The number of rotatable bonds is 7. The summed E-state index contributed by atoms with van der Waals surface area (Å²) in [7, 11) is 2.18. The van der Waals surface area contributed by atoms with E-state index < -0.39 is 0 Å². The van der Waals surface area contributed by atoms with E-state index in [0.29, 0.717) is 12.6 Å². The first-order valence-corrected chi connectivity index (χ1v) is 8.34. The lowest BCUT2D eigenvalue weighted by Crippen LogP contribution is -2.41. The largest absolute Gasteiger partial charge is 0.353 e. The lowest BCUT2D eigenvalue weighted by atomic mass is 10.1. The number of nitrogens with zero attached hydrogens (tertiary/aromatic N) is 2. The number of hydrogen-bond acceptors (Lipinski definition) is 3. The van der Waals surface area contributed by atoms with E-state index in [1.165, 1.54) is 5.56 Å². The Morgan fingerprint density at radius 1 is 1.41 bits per heavy atom. The second-order valence-corrected chi connectivity index (χ2v) is 6.46. The van der Waals surface area contributed by atoms with Gasteiger partial charge in [-0.05, 0) is 32.4 Å². The van der Waals surface area contributed by atoms with E-state index in [1.807, 2.05) is 0 Å². The molecule has 0 radical (unpaired) electrons. The van der Waals surface area contributed by atoms with Crippen LogP contribution in [-0.2, 0) is 11.3 Å². The molecule has 2 rings (SSSR count). The van der Waals surface area contributed by atoms with Crippen molar-refractivity contribution in [1.29, 1.82) is 0 Å². The molecule has 4 nitrogen and oxygen atoms in total. The van der Waals surface area contributed by atoms with Gasteiger partial charge in [-0.2, -0.15) is 0 Å². The van der Waals surface area contributed by atoms with E-state index in [4.69, 9.17) is 0 Å². The second kappa shape index (κ2) is 8.30. The number of likely N-dealkylation sites (N-methyl/N-ethyl adjacent to an activating group) is 1. The van der Waals surface area contributed by atoms with Crippen LogP contribution in [0.5, 0.6) is 0 Å². The highest BCUT2D eigenvalue weighted by Gasteiger charge is 2.26. The molecular formula is C18H29N3O. The van der Waals surface area contributed by atoms with E-state index >= 15 is 0 Å². The van der Waals surface area contributed by atoms with Crippen molar-refractivity contribution in [3.63, 3.8) is 0 Å². The third-order valence-corrected chi connectivity index (χ3v) is 4.53. The van der Waals surface area contributed by atoms with Crippen molar-refractivity contribution in [2.24, 2.45) is 0 Å². The van der Waals surface area contributed by atoms with E-state index in [2.05, 4.69) is 66.3 Å². The third kappa shape index (κ3) is 5.11. The normalized spacial score (nSPS) is 20.3. The highest BCUT2D eigenvalue weighted by atomic mass is 16.2. The molecule has 1 saturated heterocycles. The molecular weight excluding hydrogens is 274 g/mol. The fraction of sp³-hybridized carbons (Fsp3) is 0.611. The minimum Gasteiger partial charge on any atom is -0.353 e. The van der Waals surface area contributed by atoms with Crippen molar-refractivity contribution in [3.8, 4) is 0 Å². The number of carbonyl (C=O) groups is 1. The Morgan fingerprint density at radius 3 is 2.82 bits per heavy atom. The molecule has 1 amide bonds. The van der Waals surface area contributed by atoms with E-state index in [1.54, 1.807) is 0 Å². The maximum absolute atomic E-state index is 12.0. The summed E-state index contributed by atoms with van der Waals surface area (Å²) in [6, 6.07) is 11.4. The van der Waals surface area contributed by atoms with Crippen molar-refractivity contribution in [1.82, 2.24) is 15.1 Å². The molecule has 0 spiro atoms. The Morgan fingerprint density at radius 2 is 2.14 bits per heavy atom. The number of hydrogen-bond donors (Lipinski definition) is 1. The standard InChI is InChI=1S/C18H29N3O/c1-4-15(2)19-18(22)14-21-11-10-17(13-21)20(3)12-16-8-6-5-7-9-16/h5-9,15,17H,4,10-14H2,1-3H3,(H,19,22). The molecule has 1 aliphatic heterocycles. The molecule has 1 heterocycles. The summed E-state index contributed by atoms with van der Waals surface area (Å²) in [5, 5.41) is 3.05. The molecule has 0 aliphatic carbocycles. The van der Waals surface area contributed by atoms with Crippen molar-refractivity contribution >= 4 is 5.91 Å². The highest BCUT2D eigenvalue weighted by Crippen LogP contribution is 2.16. The molecule has 1 aliphatic rings. The molecule has 2 atom stereocenters. The SMILES string of the molecule is CCC(C)NC(=O)CN1CCC(N(C)Cc2ccccc2)C1. The Labute approximate surface area is 134 Å². The van der Waals surface area contributed by atoms with Gasteiger partial charge in [0.1, 0.15) is 0 Å². The Balaban J connectivity index is 1.76. The van der Waals surface area contributed by atoms with Gasteiger partial charge in [0, 0.05) is 31.7 Å². The van der Waals surface area contributed by atoms with Crippen molar-refractivity contribution in [2.45, 2.75) is 45.3 Å². The van der Waals surface area contributed by atoms with Gasteiger partial charge in [0.15, 0.2) is 0 Å². The second-order valence-electron chi connectivity index (χ2n) is 6.46. The maximum atomic E-state index is 12.0. The number of benzene rings is 1. The summed E-state index contributed by atoms with van der Waals surface area (Å²) >= 11 is 0. The van der Waals surface area contributed by atoms with Crippen molar-refractivity contribution < 1.29 is 4.79 Å². The average molecular weight is 303 g/mol. The third-order valence-electron chi connectivity index (χ3n) is 4.53. The molecule has 0 aromatic heterocycles. The van der Waals surface area contributed by atoms with Crippen LogP contribution in [-0.4, -0.2) is 54.5 Å². The van der Waals surface area contributed by atoms with Gasteiger partial charge in [-0.1, -0.05) is 37.3 Å². The van der Waals surface area contributed by atoms with Gasteiger partial charge in [-0.15, -0.1) is 0 Å². The topological polar surface area (TPSA) is 35.6 Å². The lowest BCUT2D eigenvalue weighted by molar-refractivity contribution is -0.122. The molecule has 4 heteroatoms. The summed E-state index contributed by atoms with van der Waals surface area (Å²) in [4.78, 5) is 16.6. The predicted octanol–water partition coefficient (Wildman–Crippen LogP) is 2.11.